The zero-order valence-electron chi connectivity index (χ0n) is 10.9. The fourth-order valence-electron chi connectivity index (χ4n) is 2.36. The van der Waals surface area contributed by atoms with Crippen molar-refractivity contribution in [3.05, 3.63) is 23.8 Å². The lowest BCUT2D eigenvalue weighted by atomic mass is 10.1. The molecule has 1 atom stereocenters. The molecule has 1 aliphatic carbocycles. The van der Waals surface area contributed by atoms with Crippen LogP contribution in [-0.2, 0) is 4.79 Å². The normalized spacial score (nSPS) is 24.1. The van der Waals surface area contributed by atoms with Crippen LogP contribution in [0.2, 0.25) is 0 Å². The van der Waals surface area contributed by atoms with Gasteiger partial charge in [-0.1, -0.05) is 6.07 Å². The molecule has 104 valence electrons. The molecule has 1 aromatic rings. The maximum Gasteiger partial charge on any atom is 0.256 e. The van der Waals surface area contributed by atoms with Gasteiger partial charge in [0.25, 0.3) is 5.91 Å². The lowest BCUT2D eigenvalue weighted by Gasteiger charge is -2.19. The molecule has 0 radical (unpaired) electrons. The van der Waals surface area contributed by atoms with Crippen LogP contribution in [0.15, 0.2) is 23.2 Å². The Bertz CT molecular complexity index is 595. The lowest BCUT2D eigenvalue weighted by Crippen LogP contribution is -2.37. The number of nitrogens with one attached hydrogen (secondary N) is 2. The van der Waals surface area contributed by atoms with Gasteiger partial charge >= 0.3 is 0 Å². The van der Waals surface area contributed by atoms with Crippen molar-refractivity contribution < 1.29 is 14.3 Å². The Morgan fingerprint density at radius 2 is 2.00 bits per heavy atom. The molecule has 0 spiro atoms. The number of ether oxygens (including phenoxy) is 2. The molecule has 3 aliphatic rings. The van der Waals surface area contributed by atoms with E-state index in [1.54, 1.807) is 0 Å². The molecule has 6 nitrogen and oxygen atoms in total. The van der Waals surface area contributed by atoms with Gasteiger partial charge in [-0.05, 0) is 30.5 Å². The Kier molecular flexibility index (Phi) is 2.55. The predicted molar refractivity (Wildman–Crippen MR) is 71.9 cm³/mol. The van der Waals surface area contributed by atoms with Crippen LogP contribution in [0.3, 0.4) is 0 Å². The summed E-state index contributed by atoms with van der Waals surface area (Å²) in [6.07, 6.45) is 2.28. The number of carbonyl (C=O) groups is 1. The van der Waals surface area contributed by atoms with Crippen LogP contribution in [0.4, 0.5) is 0 Å². The van der Waals surface area contributed by atoms with Crippen molar-refractivity contribution in [2.24, 2.45) is 4.99 Å². The van der Waals surface area contributed by atoms with Crippen LogP contribution in [0.1, 0.15) is 24.4 Å². The van der Waals surface area contributed by atoms with E-state index in [9.17, 15) is 4.79 Å². The van der Waals surface area contributed by atoms with Gasteiger partial charge in [-0.25, -0.2) is 4.99 Å². The molecule has 1 amide bonds. The van der Waals surface area contributed by atoms with Crippen LogP contribution < -0.4 is 20.1 Å². The molecule has 1 saturated carbocycles. The van der Waals surface area contributed by atoms with E-state index in [1.807, 2.05) is 18.2 Å². The van der Waals surface area contributed by atoms with Gasteiger partial charge in [0.2, 0.25) is 0 Å². The van der Waals surface area contributed by atoms with Gasteiger partial charge in [-0.2, -0.15) is 0 Å². The summed E-state index contributed by atoms with van der Waals surface area (Å²) in [7, 11) is 0. The first-order chi connectivity index (χ1) is 9.79. The van der Waals surface area contributed by atoms with E-state index in [0.29, 0.717) is 31.0 Å². The van der Waals surface area contributed by atoms with Crippen LogP contribution in [0, 0.1) is 0 Å². The summed E-state index contributed by atoms with van der Waals surface area (Å²) in [5.74, 6) is 1.88. The van der Waals surface area contributed by atoms with E-state index in [-0.39, 0.29) is 5.91 Å². The fourth-order valence-corrected chi connectivity index (χ4v) is 2.36. The minimum Gasteiger partial charge on any atom is -0.486 e. The highest BCUT2D eigenvalue weighted by Crippen LogP contribution is 2.34. The van der Waals surface area contributed by atoms with E-state index < -0.39 is 6.04 Å². The number of rotatable bonds is 2. The second-order valence-corrected chi connectivity index (χ2v) is 5.19. The van der Waals surface area contributed by atoms with Gasteiger partial charge in [-0.3, -0.25) is 10.1 Å². The lowest BCUT2D eigenvalue weighted by molar-refractivity contribution is -0.120. The number of aliphatic imine (C=N–C) groups is 1. The van der Waals surface area contributed by atoms with Crippen LogP contribution in [0.5, 0.6) is 11.5 Å². The summed E-state index contributed by atoms with van der Waals surface area (Å²) in [4.78, 5) is 16.4. The van der Waals surface area contributed by atoms with Gasteiger partial charge in [0.15, 0.2) is 23.5 Å². The molecule has 0 saturated heterocycles. The minimum absolute atomic E-state index is 0.107. The molecule has 1 aromatic carbocycles. The average Bonchev–Trinajstić information content (AvgIpc) is 3.20. The number of hydrogen-bond donors (Lipinski definition) is 2. The number of carbonyl (C=O) groups excluding carboxylic acids is 1. The third kappa shape index (κ3) is 2.07. The maximum absolute atomic E-state index is 12.0. The molecule has 0 bridgehead atoms. The van der Waals surface area contributed by atoms with Crippen LogP contribution in [-0.4, -0.2) is 31.1 Å². The molecule has 20 heavy (non-hydrogen) atoms. The Morgan fingerprint density at radius 1 is 1.20 bits per heavy atom. The molecular weight excluding hydrogens is 258 g/mol. The highest BCUT2D eigenvalue weighted by Gasteiger charge is 2.32. The van der Waals surface area contributed by atoms with E-state index >= 15 is 0 Å². The monoisotopic (exact) mass is 273 g/mol. The number of fused-ring (bicyclic) bond motifs is 1. The van der Waals surface area contributed by atoms with Crippen molar-refractivity contribution in [1.29, 1.82) is 0 Å². The minimum atomic E-state index is -0.507. The van der Waals surface area contributed by atoms with E-state index in [0.717, 1.165) is 24.2 Å². The number of amides is 1. The van der Waals surface area contributed by atoms with Crippen molar-refractivity contribution in [3.8, 4) is 11.5 Å². The second-order valence-electron chi connectivity index (χ2n) is 5.19. The van der Waals surface area contributed by atoms with E-state index in [4.69, 9.17) is 9.47 Å². The molecule has 1 unspecified atom stereocenters. The maximum atomic E-state index is 12.0. The summed E-state index contributed by atoms with van der Waals surface area (Å²) >= 11 is 0. The summed E-state index contributed by atoms with van der Waals surface area (Å²) in [5.41, 5.74) is 0.819. The van der Waals surface area contributed by atoms with E-state index in [1.165, 1.54) is 0 Å². The summed E-state index contributed by atoms with van der Waals surface area (Å²) in [6, 6.07) is 5.49. The standard InChI is InChI=1S/C14H15N3O3/c18-13-12(16-14(17-13)15-9-2-3-9)8-1-4-10-11(7-8)20-6-5-19-10/h1,4,7,9,12H,2-3,5-6H2,(H2,15,16,17,18). The highest BCUT2D eigenvalue weighted by molar-refractivity contribution is 6.05. The summed E-state index contributed by atoms with van der Waals surface area (Å²) in [6.45, 7) is 1.09. The van der Waals surface area contributed by atoms with Crippen molar-refractivity contribution in [2.75, 3.05) is 13.2 Å². The number of nitrogens with zero attached hydrogens (tertiary/aromatic N) is 1. The van der Waals surface area contributed by atoms with Crippen molar-refractivity contribution >= 4 is 11.9 Å². The quantitative estimate of drug-likeness (QED) is 0.833. The largest absolute Gasteiger partial charge is 0.486 e. The molecule has 2 heterocycles. The van der Waals surface area contributed by atoms with Gasteiger partial charge in [-0.15, -0.1) is 0 Å². The topological polar surface area (TPSA) is 72.0 Å². The van der Waals surface area contributed by atoms with Crippen molar-refractivity contribution in [2.45, 2.75) is 24.9 Å². The Hall–Kier alpha value is -2.24. The third-order valence-corrected chi connectivity index (χ3v) is 3.55. The molecule has 6 heteroatoms. The zero-order chi connectivity index (χ0) is 13.5. The first kappa shape index (κ1) is 11.6. The average molecular weight is 273 g/mol. The first-order valence-electron chi connectivity index (χ1n) is 6.84. The molecule has 0 aromatic heterocycles. The first-order valence-corrected chi connectivity index (χ1v) is 6.84. The summed E-state index contributed by atoms with van der Waals surface area (Å²) in [5, 5.41) is 5.99. The molecular formula is C14H15N3O3. The SMILES string of the molecule is O=C1NC(NC2CC2)=NC1c1ccc2c(c1)OCCO2. The van der Waals surface area contributed by atoms with Crippen molar-refractivity contribution in [1.82, 2.24) is 10.6 Å². The fraction of sp³-hybridized carbons (Fsp3) is 0.429. The number of benzene rings is 1. The zero-order valence-corrected chi connectivity index (χ0v) is 10.9. The van der Waals surface area contributed by atoms with Crippen LogP contribution in [0.25, 0.3) is 0 Å². The van der Waals surface area contributed by atoms with Gasteiger partial charge in [0, 0.05) is 6.04 Å². The van der Waals surface area contributed by atoms with Gasteiger partial charge in [0.1, 0.15) is 13.2 Å². The van der Waals surface area contributed by atoms with Gasteiger partial charge in [0.05, 0.1) is 0 Å². The predicted octanol–water partition coefficient (Wildman–Crippen LogP) is 0.737. The number of hydrogen-bond acceptors (Lipinski definition) is 5. The van der Waals surface area contributed by atoms with Gasteiger partial charge < -0.3 is 14.8 Å². The molecule has 1 fully saturated rings. The van der Waals surface area contributed by atoms with E-state index in [2.05, 4.69) is 15.6 Å². The molecule has 2 aliphatic heterocycles. The Labute approximate surface area is 116 Å². The van der Waals surface area contributed by atoms with Crippen molar-refractivity contribution in [3.63, 3.8) is 0 Å². The van der Waals surface area contributed by atoms with Crippen LogP contribution >= 0.6 is 0 Å². The smallest absolute Gasteiger partial charge is 0.256 e. The Morgan fingerprint density at radius 3 is 2.80 bits per heavy atom. The third-order valence-electron chi connectivity index (χ3n) is 3.55. The number of guanidine groups is 1. The summed E-state index contributed by atoms with van der Waals surface area (Å²) < 4.78 is 11.0. The second kappa shape index (κ2) is 4.40. The molecule has 4 rings (SSSR count). The molecule has 2 N–H and O–H groups in total. The highest BCUT2D eigenvalue weighted by atomic mass is 16.6. The Balaban J connectivity index is 1.59.